The Hall–Kier alpha value is -4.55. The molecular formula is C27H21N5O3S. The number of nitrogens with zero attached hydrogens (tertiary/aromatic N) is 4. The Kier molecular flexibility index (Phi) is 6.19. The highest BCUT2D eigenvalue weighted by atomic mass is 32.1. The Labute approximate surface area is 212 Å². The number of carbonyl (C=O) groups excluding carboxylic acids is 2. The number of anilines is 1. The molecule has 0 spiro atoms. The lowest BCUT2D eigenvalue weighted by Gasteiger charge is -2.40. The van der Waals surface area contributed by atoms with Gasteiger partial charge in [0.1, 0.15) is 11.2 Å². The number of nitriles is 1. The molecule has 1 aliphatic heterocycles. The fourth-order valence-corrected chi connectivity index (χ4v) is 4.69. The van der Waals surface area contributed by atoms with Crippen LogP contribution in [0.1, 0.15) is 29.1 Å². The third-order valence-corrected chi connectivity index (χ3v) is 6.40. The Morgan fingerprint density at radius 1 is 1.11 bits per heavy atom. The van der Waals surface area contributed by atoms with Gasteiger partial charge in [-0.15, -0.1) is 0 Å². The first-order valence-corrected chi connectivity index (χ1v) is 11.8. The first kappa shape index (κ1) is 23.2. The zero-order valence-corrected chi connectivity index (χ0v) is 20.1. The molecule has 9 heteroatoms. The molecule has 1 N–H and O–H groups in total. The van der Waals surface area contributed by atoms with Crippen LogP contribution in [0.25, 0.3) is 16.5 Å². The molecule has 1 aromatic heterocycles. The summed E-state index contributed by atoms with van der Waals surface area (Å²) in [5.74, 6) is -2.32. The molecule has 0 saturated carbocycles. The van der Waals surface area contributed by atoms with Crippen LogP contribution in [-0.4, -0.2) is 33.3 Å². The highest BCUT2D eigenvalue weighted by Gasteiger charge is 2.42. The van der Waals surface area contributed by atoms with Crippen LogP contribution >= 0.6 is 12.2 Å². The smallest absolute Gasteiger partial charge is 0.359 e. The summed E-state index contributed by atoms with van der Waals surface area (Å²) >= 11 is 5.71. The Balaban J connectivity index is 1.72. The number of rotatable bonds is 5. The largest absolute Gasteiger partial charge is 0.461 e. The number of aromatic nitrogens is 2. The van der Waals surface area contributed by atoms with Crippen molar-refractivity contribution in [1.82, 2.24) is 15.1 Å². The minimum absolute atomic E-state index is 0.0504. The van der Waals surface area contributed by atoms with E-state index < -0.39 is 24.0 Å². The van der Waals surface area contributed by atoms with E-state index in [1.807, 2.05) is 78.9 Å². The molecular weight excluding hydrogens is 474 g/mol. The van der Waals surface area contributed by atoms with E-state index in [4.69, 9.17) is 17.0 Å². The van der Waals surface area contributed by atoms with Crippen molar-refractivity contribution in [1.29, 1.82) is 5.26 Å². The monoisotopic (exact) mass is 495 g/mol. The molecule has 8 nitrogen and oxygen atoms in total. The molecule has 0 unspecified atom stereocenters. The average Bonchev–Trinajstić information content (AvgIpc) is 3.35. The van der Waals surface area contributed by atoms with Crippen molar-refractivity contribution >= 4 is 45.5 Å². The quantitative estimate of drug-likeness (QED) is 0.325. The molecule has 0 radical (unpaired) electrons. The van der Waals surface area contributed by atoms with Crippen molar-refractivity contribution < 1.29 is 14.3 Å². The number of thiocarbonyl (C=S) groups is 1. The maximum absolute atomic E-state index is 13.0. The molecule has 1 amide bonds. The molecule has 1 aliphatic rings. The lowest BCUT2D eigenvalue weighted by Crippen LogP contribution is -2.56. The zero-order valence-electron chi connectivity index (χ0n) is 19.3. The van der Waals surface area contributed by atoms with Crippen LogP contribution in [0.3, 0.4) is 0 Å². The minimum Gasteiger partial charge on any atom is -0.461 e. The fourth-order valence-electron chi connectivity index (χ4n) is 4.33. The van der Waals surface area contributed by atoms with E-state index in [2.05, 4.69) is 10.4 Å². The molecule has 0 bridgehead atoms. The van der Waals surface area contributed by atoms with Crippen molar-refractivity contribution in [3.05, 3.63) is 90.3 Å². The summed E-state index contributed by atoms with van der Waals surface area (Å²) < 4.78 is 6.85. The number of hydrogen-bond acceptors (Lipinski definition) is 6. The van der Waals surface area contributed by atoms with Gasteiger partial charge in [-0.3, -0.25) is 4.79 Å². The molecule has 2 heterocycles. The van der Waals surface area contributed by atoms with Crippen molar-refractivity contribution in [2.45, 2.75) is 13.1 Å². The first-order valence-electron chi connectivity index (χ1n) is 11.4. The molecule has 1 fully saturated rings. The predicted molar refractivity (Wildman–Crippen MR) is 139 cm³/mol. The third kappa shape index (κ3) is 3.97. The Morgan fingerprint density at radius 2 is 1.83 bits per heavy atom. The van der Waals surface area contributed by atoms with E-state index in [-0.39, 0.29) is 17.3 Å². The van der Waals surface area contributed by atoms with Crippen LogP contribution in [-0.2, 0) is 9.53 Å². The van der Waals surface area contributed by atoms with Gasteiger partial charge < -0.3 is 15.0 Å². The second-order valence-corrected chi connectivity index (χ2v) is 8.53. The maximum Gasteiger partial charge on any atom is 0.359 e. The van der Waals surface area contributed by atoms with Gasteiger partial charge in [0.25, 0.3) is 0 Å². The van der Waals surface area contributed by atoms with E-state index in [0.717, 1.165) is 16.5 Å². The number of ether oxygens (including phenoxy) is 1. The summed E-state index contributed by atoms with van der Waals surface area (Å²) in [5.41, 5.74) is 1.88. The van der Waals surface area contributed by atoms with Crippen LogP contribution in [0.4, 0.5) is 5.69 Å². The van der Waals surface area contributed by atoms with Crippen LogP contribution in [0.5, 0.6) is 0 Å². The molecule has 5 rings (SSSR count). The van der Waals surface area contributed by atoms with Gasteiger partial charge in [0.2, 0.25) is 5.91 Å². The number of carbonyl (C=O) groups is 2. The van der Waals surface area contributed by atoms with Gasteiger partial charge in [0.15, 0.2) is 11.6 Å². The van der Waals surface area contributed by atoms with Crippen molar-refractivity contribution in [2.24, 2.45) is 5.92 Å². The number of hydrogen-bond donors (Lipinski definition) is 1. The summed E-state index contributed by atoms with van der Waals surface area (Å²) in [6, 6.07) is 24.8. The van der Waals surface area contributed by atoms with E-state index in [1.54, 1.807) is 22.7 Å². The summed E-state index contributed by atoms with van der Waals surface area (Å²) in [6.07, 6.45) is 0.789. The van der Waals surface area contributed by atoms with E-state index in [0.29, 0.717) is 11.3 Å². The van der Waals surface area contributed by atoms with Crippen LogP contribution < -0.4 is 10.2 Å². The van der Waals surface area contributed by atoms with Crippen molar-refractivity contribution in [2.75, 3.05) is 11.5 Å². The van der Waals surface area contributed by atoms with E-state index >= 15 is 0 Å². The third-order valence-electron chi connectivity index (χ3n) is 5.97. The standard InChI is InChI=1S/C27H21N5O3S/c1-2-35-27(34)23-21(16-31(30-23)18-11-4-3-5-12-18)24-29-25(33)20(15-28)26(36)32(24)22-14-8-10-17-9-6-7-13-19(17)22/h3-14,16,20,24H,2H2,1H3,(H,29,33)/t20-,24-/m1/s1. The van der Waals surface area contributed by atoms with Gasteiger partial charge in [0, 0.05) is 17.1 Å². The predicted octanol–water partition coefficient (Wildman–Crippen LogP) is 4.30. The summed E-state index contributed by atoms with van der Waals surface area (Å²) in [4.78, 5) is 27.8. The Morgan fingerprint density at radius 3 is 2.58 bits per heavy atom. The molecule has 178 valence electrons. The van der Waals surface area contributed by atoms with E-state index in [9.17, 15) is 14.9 Å². The average molecular weight is 496 g/mol. The van der Waals surface area contributed by atoms with Gasteiger partial charge in [-0.2, -0.15) is 10.4 Å². The second kappa shape index (κ2) is 9.60. The van der Waals surface area contributed by atoms with Gasteiger partial charge in [0.05, 0.1) is 24.1 Å². The molecule has 4 aromatic rings. The molecule has 3 aromatic carbocycles. The normalized spacial score (nSPS) is 17.5. The highest BCUT2D eigenvalue weighted by molar-refractivity contribution is 7.80. The number of amides is 1. The fraction of sp³-hybridized carbons (Fsp3) is 0.148. The van der Waals surface area contributed by atoms with Crippen molar-refractivity contribution in [3.63, 3.8) is 0 Å². The maximum atomic E-state index is 13.0. The minimum atomic E-state index is -1.16. The van der Waals surface area contributed by atoms with Crippen molar-refractivity contribution in [3.8, 4) is 11.8 Å². The van der Waals surface area contributed by atoms with Gasteiger partial charge >= 0.3 is 5.97 Å². The summed E-state index contributed by atoms with van der Waals surface area (Å²) in [5, 5.41) is 19.0. The molecule has 1 saturated heterocycles. The summed E-state index contributed by atoms with van der Waals surface area (Å²) in [7, 11) is 0. The molecule has 2 atom stereocenters. The van der Waals surface area contributed by atoms with Crippen LogP contribution in [0.2, 0.25) is 0 Å². The zero-order chi connectivity index (χ0) is 25.2. The second-order valence-electron chi connectivity index (χ2n) is 8.11. The number of esters is 1. The first-order chi connectivity index (χ1) is 17.5. The van der Waals surface area contributed by atoms with E-state index in [1.165, 1.54) is 0 Å². The lowest BCUT2D eigenvalue weighted by atomic mass is 9.99. The Bertz CT molecular complexity index is 1520. The number of para-hydroxylation sites is 1. The van der Waals surface area contributed by atoms with Gasteiger partial charge in [-0.1, -0.05) is 66.8 Å². The summed E-state index contributed by atoms with van der Waals surface area (Å²) in [6.45, 7) is 1.87. The number of benzene rings is 3. The highest BCUT2D eigenvalue weighted by Crippen LogP contribution is 2.37. The van der Waals surface area contributed by atoms with Gasteiger partial charge in [-0.05, 0) is 30.5 Å². The molecule has 36 heavy (non-hydrogen) atoms. The number of nitrogens with one attached hydrogen (secondary N) is 1. The topological polar surface area (TPSA) is 100 Å². The SMILES string of the molecule is CCOC(=O)c1nn(-c2ccccc2)cc1[C@@H]1NC(=O)[C@@H](C#N)C(=S)N1c1cccc2ccccc12. The molecule has 0 aliphatic carbocycles. The lowest BCUT2D eigenvalue weighted by molar-refractivity contribution is -0.123. The van der Waals surface area contributed by atoms with Crippen LogP contribution in [0, 0.1) is 17.2 Å². The van der Waals surface area contributed by atoms with Crippen LogP contribution in [0.15, 0.2) is 79.0 Å². The van der Waals surface area contributed by atoms with Gasteiger partial charge in [-0.25, -0.2) is 9.48 Å². The number of fused-ring (bicyclic) bond motifs is 1.